The van der Waals surface area contributed by atoms with Gasteiger partial charge in [0.25, 0.3) is 0 Å². The van der Waals surface area contributed by atoms with E-state index in [1.807, 2.05) is 24.3 Å². The van der Waals surface area contributed by atoms with E-state index < -0.39 is 12.1 Å². The van der Waals surface area contributed by atoms with Gasteiger partial charge in [0.2, 0.25) is 0 Å². The lowest BCUT2D eigenvalue weighted by molar-refractivity contribution is -0.139. The van der Waals surface area contributed by atoms with Crippen LogP contribution < -0.4 is 4.74 Å². The Morgan fingerprint density at radius 2 is 1.97 bits per heavy atom. The van der Waals surface area contributed by atoms with Crippen molar-refractivity contribution in [1.82, 2.24) is 9.88 Å². The van der Waals surface area contributed by atoms with Gasteiger partial charge in [-0.15, -0.1) is 0 Å². The first-order valence-corrected chi connectivity index (χ1v) is 13.1. The van der Waals surface area contributed by atoms with E-state index in [0.29, 0.717) is 35.3 Å². The average Bonchev–Trinajstić information content (AvgIpc) is 2.86. The number of methoxy groups -OCH3 is 1. The van der Waals surface area contributed by atoms with Gasteiger partial charge in [-0.25, -0.2) is 0 Å². The second-order valence-corrected chi connectivity index (χ2v) is 10.4. The Morgan fingerprint density at radius 3 is 2.70 bits per heavy atom. The molecule has 0 amide bonds. The number of aliphatic carboxylic acids is 1. The van der Waals surface area contributed by atoms with E-state index in [2.05, 4.69) is 21.7 Å². The fourth-order valence-corrected chi connectivity index (χ4v) is 5.63. The Hall–Kier alpha value is -2.82. The fraction of sp³-hybridized carbons (Fsp3) is 0.379. The van der Waals surface area contributed by atoms with E-state index in [4.69, 9.17) is 27.9 Å². The van der Waals surface area contributed by atoms with Crippen molar-refractivity contribution in [2.24, 2.45) is 11.8 Å². The maximum atomic E-state index is 11.6. The predicted octanol–water partition coefficient (Wildman–Crippen LogP) is 5.83. The molecule has 6 nitrogen and oxygen atoms in total. The van der Waals surface area contributed by atoms with Crippen molar-refractivity contribution in [3.63, 3.8) is 0 Å². The number of carboxylic acids is 1. The van der Waals surface area contributed by atoms with Crippen molar-refractivity contribution in [1.29, 1.82) is 0 Å². The number of likely N-dealkylation sites (tertiary alicyclic amines) is 1. The molecule has 0 spiro atoms. The Balaban J connectivity index is 1.39. The highest BCUT2D eigenvalue weighted by molar-refractivity contribution is 6.34. The van der Waals surface area contributed by atoms with Gasteiger partial charge in [0.1, 0.15) is 5.75 Å². The zero-order valence-electron chi connectivity index (χ0n) is 20.7. The molecule has 37 heavy (non-hydrogen) atoms. The van der Waals surface area contributed by atoms with E-state index in [1.54, 1.807) is 31.5 Å². The van der Waals surface area contributed by atoms with E-state index >= 15 is 0 Å². The summed E-state index contributed by atoms with van der Waals surface area (Å²) < 4.78 is 5.35. The number of rotatable bonds is 8. The molecule has 3 atom stereocenters. The minimum Gasteiger partial charge on any atom is -0.497 e. The summed E-state index contributed by atoms with van der Waals surface area (Å²) in [5.41, 5.74) is 2.37. The SMILES string of the molecule is COc1ccc2nccc([C@@H](O)CC[C@@H]3CCN(CC#Cc4cc(Cl)cc(Cl)c4)C[C@@H]3CC(=O)O)c2c1. The first-order chi connectivity index (χ1) is 17.8. The van der Waals surface area contributed by atoms with Gasteiger partial charge in [0.15, 0.2) is 0 Å². The van der Waals surface area contributed by atoms with Crippen LogP contribution in [0.3, 0.4) is 0 Å². The number of nitrogens with zero attached hydrogens (tertiary/aromatic N) is 2. The molecule has 0 aliphatic carbocycles. The van der Waals surface area contributed by atoms with Crippen molar-refractivity contribution in [3.05, 3.63) is 69.8 Å². The highest BCUT2D eigenvalue weighted by Crippen LogP contribution is 2.34. The van der Waals surface area contributed by atoms with Crippen molar-refractivity contribution in [3.8, 4) is 17.6 Å². The summed E-state index contributed by atoms with van der Waals surface area (Å²) in [5, 5.41) is 22.5. The Labute approximate surface area is 227 Å². The number of carboxylic acid groups (broad SMARTS) is 1. The molecule has 0 radical (unpaired) electrons. The molecule has 2 heterocycles. The molecule has 0 saturated carbocycles. The first-order valence-electron chi connectivity index (χ1n) is 12.3. The lowest BCUT2D eigenvalue weighted by Crippen LogP contribution is -2.41. The summed E-state index contributed by atoms with van der Waals surface area (Å²) in [5.74, 6) is 6.38. The summed E-state index contributed by atoms with van der Waals surface area (Å²) in [4.78, 5) is 18.2. The number of hydrogen-bond donors (Lipinski definition) is 2. The number of hydrogen-bond acceptors (Lipinski definition) is 5. The molecular formula is C29H30Cl2N2O4. The minimum atomic E-state index is -0.802. The maximum Gasteiger partial charge on any atom is 0.303 e. The molecule has 4 rings (SSSR count). The molecule has 194 valence electrons. The van der Waals surface area contributed by atoms with Gasteiger partial charge < -0.3 is 14.9 Å². The highest BCUT2D eigenvalue weighted by Gasteiger charge is 2.31. The standard InChI is InChI=1S/C29H30Cl2N2O4/c1-37-24-5-6-27-26(17-24)25(8-10-32-27)28(34)7-4-20-9-12-33(18-21(20)15-29(35)36)11-2-3-19-13-22(30)16-23(31)14-19/h5-6,8,10,13-14,16-17,20-21,28,34H,4,7,9,11-12,15,18H2,1H3,(H,35,36)/t20-,21+,28+/m1/s1. The van der Waals surface area contributed by atoms with Crippen molar-refractivity contribution in [2.45, 2.75) is 31.8 Å². The van der Waals surface area contributed by atoms with E-state index in [-0.39, 0.29) is 18.3 Å². The monoisotopic (exact) mass is 540 g/mol. The fourth-order valence-electron chi connectivity index (χ4n) is 5.11. The smallest absolute Gasteiger partial charge is 0.303 e. The summed E-state index contributed by atoms with van der Waals surface area (Å²) in [6.45, 7) is 2.03. The topological polar surface area (TPSA) is 82.9 Å². The molecule has 1 aliphatic rings. The van der Waals surface area contributed by atoms with Crippen LogP contribution >= 0.6 is 23.2 Å². The van der Waals surface area contributed by atoms with Gasteiger partial charge in [-0.2, -0.15) is 0 Å². The number of aliphatic hydroxyl groups is 1. The van der Waals surface area contributed by atoms with Crippen molar-refractivity contribution in [2.75, 3.05) is 26.7 Å². The zero-order chi connectivity index (χ0) is 26.4. The second-order valence-electron chi connectivity index (χ2n) is 9.48. The number of aliphatic hydroxyl groups excluding tert-OH is 1. The van der Waals surface area contributed by atoms with E-state index in [1.165, 1.54) is 0 Å². The third kappa shape index (κ3) is 7.37. The molecule has 1 fully saturated rings. The van der Waals surface area contributed by atoms with Gasteiger partial charge in [0, 0.05) is 40.2 Å². The van der Waals surface area contributed by atoms with Crippen molar-refractivity contribution < 1.29 is 19.7 Å². The summed E-state index contributed by atoms with van der Waals surface area (Å²) in [6.07, 6.45) is 3.29. The van der Waals surface area contributed by atoms with Crippen molar-refractivity contribution >= 4 is 40.1 Å². The normalized spacial score (nSPS) is 18.7. The van der Waals surface area contributed by atoms with Crippen LogP contribution in [-0.4, -0.2) is 52.8 Å². The maximum absolute atomic E-state index is 11.6. The van der Waals surface area contributed by atoms with E-state index in [9.17, 15) is 15.0 Å². The quantitative estimate of drug-likeness (QED) is 0.350. The Morgan fingerprint density at radius 1 is 1.19 bits per heavy atom. The lowest BCUT2D eigenvalue weighted by Gasteiger charge is -2.37. The highest BCUT2D eigenvalue weighted by atomic mass is 35.5. The van der Waals surface area contributed by atoms with Crippen LogP contribution in [0.2, 0.25) is 10.0 Å². The first kappa shape index (κ1) is 27.2. The van der Waals surface area contributed by atoms with Gasteiger partial charge >= 0.3 is 5.97 Å². The third-order valence-electron chi connectivity index (χ3n) is 6.96. The molecule has 2 aromatic carbocycles. The number of benzene rings is 2. The number of pyridine rings is 1. The van der Waals surface area contributed by atoms with Crippen LogP contribution in [0.1, 0.15) is 42.9 Å². The Kier molecular flexibility index (Phi) is 9.28. The van der Waals surface area contributed by atoms with Crippen LogP contribution in [0, 0.1) is 23.7 Å². The molecule has 0 bridgehead atoms. The molecule has 1 saturated heterocycles. The average molecular weight is 541 g/mol. The van der Waals surface area contributed by atoms with Crippen LogP contribution in [-0.2, 0) is 4.79 Å². The van der Waals surface area contributed by atoms with Crippen LogP contribution in [0.15, 0.2) is 48.7 Å². The largest absolute Gasteiger partial charge is 0.497 e. The van der Waals surface area contributed by atoms with Crippen LogP contribution in [0.5, 0.6) is 5.75 Å². The number of halogens is 2. The molecule has 0 unspecified atom stereocenters. The summed E-state index contributed by atoms with van der Waals surface area (Å²) in [7, 11) is 1.61. The van der Waals surface area contributed by atoms with Gasteiger partial charge in [-0.3, -0.25) is 14.7 Å². The number of aromatic nitrogens is 1. The molecule has 8 heteroatoms. The molecular weight excluding hydrogens is 511 g/mol. The predicted molar refractivity (Wildman–Crippen MR) is 146 cm³/mol. The van der Waals surface area contributed by atoms with Gasteiger partial charge in [0.05, 0.1) is 25.3 Å². The number of fused-ring (bicyclic) bond motifs is 1. The molecule has 1 aliphatic heterocycles. The number of piperidine rings is 1. The molecule has 3 aromatic rings. The second kappa shape index (κ2) is 12.6. The Bertz CT molecular complexity index is 1300. The van der Waals surface area contributed by atoms with Gasteiger partial charge in [-0.05, 0) is 85.7 Å². The third-order valence-corrected chi connectivity index (χ3v) is 7.40. The van der Waals surface area contributed by atoms with Crippen LogP contribution in [0.4, 0.5) is 0 Å². The number of ether oxygens (including phenoxy) is 1. The molecule has 2 N–H and O–H groups in total. The molecule has 1 aromatic heterocycles. The van der Waals surface area contributed by atoms with E-state index in [0.717, 1.165) is 41.4 Å². The minimum absolute atomic E-state index is 0.00450. The van der Waals surface area contributed by atoms with Crippen LogP contribution in [0.25, 0.3) is 10.9 Å². The zero-order valence-corrected chi connectivity index (χ0v) is 22.2. The lowest BCUT2D eigenvalue weighted by atomic mass is 9.79. The summed E-state index contributed by atoms with van der Waals surface area (Å²) in [6, 6.07) is 12.7. The summed E-state index contributed by atoms with van der Waals surface area (Å²) >= 11 is 12.1. The van der Waals surface area contributed by atoms with Gasteiger partial charge in [-0.1, -0.05) is 35.0 Å². The number of carbonyl (C=O) groups is 1.